The lowest BCUT2D eigenvalue weighted by atomic mass is 9.44. The van der Waals surface area contributed by atoms with E-state index >= 15 is 4.39 Å². The van der Waals surface area contributed by atoms with E-state index in [1.54, 1.807) is 13.0 Å². The maximum Gasteiger partial charge on any atom is 0.178 e. The zero-order valence-electron chi connectivity index (χ0n) is 34.8. The molecule has 4 aliphatic carbocycles. The number of aliphatic hydroxyl groups excluding tert-OH is 1. The molecule has 0 heterocycles. The van der Waals surface area contributed by atoms with Crippen LogP contribution in [0.25, 0.3) is 0 Å². The van der Waals surface area contributed by atoms with Crippen LogP contribution in [-0.4, -0.2) is 130 Å². The number of unbranched alkanes of at least 4 members (excludes halogenated alkanes) is 3. The van der Waals surface area contributed by atoms with Crippen molar-refractivity contribution >= 4 is 29.0 Å². The van der Waals surface area contributed by atoms with Gasteiger partial charge in [0, 0.05) is 61.7 Å². The van der Waals surface area contributed by atoms with E-state index in [-0.39, 0.29) is 42.0 Å². The number of carbonyl (C=O) groups is 3. The highest BCUT2D eigenvalue weighted by molar-refractivity contribution is 6.17. The van der Waals surface area contributed by atoms with Crippen LogP contribution in [0.2, 0.25) is 0 Å². The summed E-state index contributed by atoms with van der Waals surface area (Å²) in [5.41, 5.74) is -5.06. The summed E-state index contributed by atoms with van der Waals surface area (Å²) in [4.78, 5) is 37.9. The Balaban J connectivity index is 0.984. The van der Waals surface area contributed by atoms with Crippen molar-refractivity contribution in [3.8, 4) is 0 Å². The van der Waals surface area contributed by atoms with Crippen molar-refractivity contribution in [2.45, 2.75) is 122 Å². The molecule has 57 heavy (non-hydrogen) atoms. The minimum Gasteiger partial charge on any atom is -0.390 e. The summed E-state index contributed by atoms with van der Waals surface area (Å²) in [7, 11) is 0. The van der Waals surface area contributed by atoms with E-state index < -0.39 is 34.1 Å². The molecule has 0 amide bonds. The highest BCUT2D eigenvalue weighted by atomic mass is 35.5. The highest BCUT2D eigenvalue weighted by Crippen LogP contribution is 2.70. The van der Waals surface area contributed by atoms with Gasteiger partial charge in [0.2, 0.25) is 0 Å². The van der Waals surface area contributed by atoms with Gasteiger partial charge in [0.15, 0.2) is 17.2 Å². The first-order valence-electron chi connectivity index (χ1n) is 21.5. The fourth-order valence-corrected chi connectivity index (χ4v) is 10.3. The molecular weight excluding hydrogens is 759 g/mol. The molecule has 0 saturated heterocycles. The van der Waals surface area contributed by atoms with Crippen molar-refractivity contribution in [1.29, 1.82) is 0 Å². The first kappa shape index (κ1) is 48.1. The molecule has 1 unspecified atom stereocenters. The van der Waals surface area contributed by atoms with Crippen LogP contribution < -0.4 is 0 Å². The van der Waals surface area contributed by atoms with Gasteiger partial charge in [-0.25, -0.2) is 4.39 Å². The molecule has 0 aromatic carbocycles. The van der Waals surface area contributed by atoms with Gasteiger partial charge in [-0.15, -0.1) is 11.6 Å². The fourth-order valence-electron chi connectivity index (χ4n) is 10.1. The number of ether oxygens (including phenoxy) is 6. The van der Waals surface area contributed by atoms with Gasteiger partial charge in [-0.1, -0.05) is 38.3 Å². The van der Waals surface area contributed by atoms with E-state index in [4.69, 9.17) is 40.0 Å². The number of allylic oxidation sites excluding steroid dienone is 4. The number of hydrogen-bond acceptors (Lipinski definition) is 11. The molecular formula is C44H70ClFO11. The lowest BCUT2D eigenvalue weighted by Crippen LogP contribution is -2.69. The Hall–Kier alpha value is -1.61. The topological polar surface area (TPSA) is 147 Å². The number of rotatable bonds is 30. The summed E-state index contributed by atoms with van der Waals surface area (Å²) < 4.78 is 50.7. The number of halogens is 2. The molecule has 0 aromatic rings. The number of alkyl halides is 2. The van der Waals surface area contributed by atoms with Gasteiger partial charge in [-0.2, -0.15) is 0 Å². The molecule has 4 aliphatic rings. The lowest BCUT2D eigenvalue weighted by molar-refractivity contribution is -0.219. The first-order chi connectivity index (χ1) is 27.4. The smallest absolute Gasteiger partial charge is 0.178 e. The van der Waals surface area contributed by atoms with Crippen LogP contribution in [0.5, 0.6) is 0 Å². The summed E-state index contributed by atoms with van der Waals surface area (Å²) in [6.07, 6.45) is 11.1. The molecule has 4 rings (SSSR count). The summed E-state index contributed by atoms with van der Waals surface area (Å²) in [6.45, 7) is 10.9. The number of hydrogen-bond donors (Lipinski definition) is 2. The van der Waals surface area contributed by atoms with Crippen molar-refractivity contribution in [2.75, 3.05) is 85.2 Å². The molecule has 8 atom stereocenters. The van der Waals surface area contributed by atoms with Gasteiger partial charge in [0.05, 0.1) is 65.6 Å². The number of aliphatic hydroxyl groups is 2. The van der Waals surface area contributed by atoms with E-state index in [1.807, 2.05) is 13.8 Å². The van der Waals surface area contributed by atoms with Crippen molar-refractivity contribution < 1.29 is 57.4 Å². The molecule has 0 spiro atoms. The van der Waals surface area contributed by atoms with E-state index in [9.17, 15) is 24.6 Å². The average Bonchev–Trinajstić information content (AvgIpc) is 3.38. The molecule has 2 N–H and O–H groups in total. The maximum absolute atomic E-state index is 17.4. The Morgan fingerprint density at radius 2 is 1.32 bits per heavy atom. The number of carbonyl (C=O) groups excluding carboxylic acids is 3. The molecule has 3 saturated carbocycles. The summed E-state index contributed by atoms with van der Waals surface area (Å²) in [5, 5.41) is 23.7. The molecule has 0 aliphatic heterocycles. The monoisotopic (exact) mass is 828 g/mol. The van der Waals surface area contributed by atoms with Crippen molar-refractivity contribution in [2.24, 2.45) is 28.6 Å². The summed E-state index contributed by atoms with van der Waals surface area (Å²) in [6, 6.07) is 0. The Kier molecular flexibility index (Phi) is 19.7. The maximum atomic E-state index is 17.4. The fraction of sp³-hybridized carbons (Fsp3) is 0.841. The molecule has 0 bridgehead atoms. The first-order valence-corrected chi connectivity index (χ1v) is 22.0. The van der Waals surface area contributed by atoms with Gasteiger partial charge >= 0.3 is 0 Å². The van der Waals surface area contributed by atoms with Gasteiger partial charge in [-0.3, -0.25) is 14.4 Å². The zero-order chi connectivity index (χ0) is 41.4. The second-order valence-electron chi connectivity index (χ2n) is 16.9. The van der Waals surface area contributed by atoms with E-state index in [0.29, 0.717) is 123 Å². The van der Waals surface area contributed by atoms with Gasteiger partial charge in [0.25, 0.3) is 0 Å². The standard InChI is InChI=1S/C44H70ClFO11/c1-33-30-38-37-13-12-34-31-36(48)14-16-41(34,2)43(37,46)40(50)32-42(38,3)44(33,51)39(49)11-9-20-54-24-26-56-28-29-57-27-25-55-21-15-35(47)10-8-19-53-23-22-52-18-7-5-4-6-17-45/h14,16,31,33,37-38,40,50-51H,4-13,15,17-30,32H2,1-3H3/t33-,37+,38?,40+,41+,42+,43+,44+/m1/s1. The van der Waals surface area contributed by atoms with Gasteiger partial charge in [0.1, 0.15) is 11.4 Å². The quantitative estimate of drug-likeness (QED) is 0.0620. The van der Waals surface area contributed by atoms with E-state index in [1.165, 1.54) is 12.2 Å². The van der Waals surface area contributed by atoms with Crippen LogP contribution >= 0.6 is 11.6 Å². The summed E-state index contributed by atoms with van der Waals surface area (Å²) in [5.74, 6) is -0.799. The minimum atomic E-state index is -2.00. The van der Waals surface area contributed by atoms with Crippen LogP contribution in [0, 0.1) is 28.6 Å². The van der Waals surface area contributed by atoms with Crippen LogP contribution in [0.4, 0.5) is 4.39 Å². The zero-order valence-corrected chi connectivity index (χ0v) is 35.5. The second-order valence-corrected chi connectivity index (χ2v) is 17.2. The number of Topliss-reactive ketones (excluding diaryl/α,β-unsaturated/α-hetero) is 2. The number of fused-ring (bicyclic) bond motifs is 5. The molecule has 0 radical (unpaired) electrons. The Bertz CT molecular complexity index is 1340. The lowest BCUT2D eigenvalue weighted by Gasteiger charge is -2.62. The Morgan fingerprint density at radius 3 is 1.93 bits per heavy atom. The third-order valence-corrected chi connectivity index (χ3v) is 13.5. The second kappa shape index (κ2) is 23.4. The predicted octanol–water partition coefficient (Wildman–Crippen LogP) is 6.32. The number of ketones is 3. The van der Waals surface area contributed by atoms with Crippen molar-refractivity contribution in [3.63, 3.8) is 0 Å². The Labute approximate surface area is 344 Å². The van der Waals surface area contributed by atoms with Crippen LogP contribution in [0.3, 0.4) is 0 Å². The summed E-state index contributed by atoms with van der Waals surface area (Å²) >= 11 is 5.66. The molecule has 11 nitrogen and oxygen atoms in total. The predicted molar refractivity (Wildman–Crippen MR) is 215 cm³/mol. The minimum absolute atomic E-state index is 0.0288. The van der Waals surface area contributed by atoms with Crippen LogP contribution in [0.15, 0.2) is 23.8 Å². The molecule has 326 valence electrons. The molecule has 0 aromatic heterocycles. The Morgan fingerprint density at radius 1 is 0.772 bits per heavy atom. The van der Waals surface area contributed by atoms with E-state index in [0.717, 1.165) is 38.2 Å². The van der Waals surface area contributed by atoms with Gasteiger partial charge < -0.3 is 38.6 Å². The van der Waals surface area contributed by atoms with Crippen LogP contribution in [0.1, 0.15) is 104 Å². The molecule has 3 fully saturated rings. The van der Waals surface area contributed by atoms with Crippen molar-refractivity contribution in [3.05, 3.63) is 23.8 Å². The molecule has 13 heteroatoms. The van der Waals surface area contributed by atoms with Crippen molar-refractivity contribution in [1.82, 2.24) is 0 Å². The SMILES string of the molecule is C[C@@H]1CC2[C@@H]3CCC4=CC(=O)C=C[C@]4(C)[C@@]3(F)[C@@H](O)C[C@]2(C)[C@@]1(O)C(=O)CCCOCCOCCOCCOCCC(=O)CCCOCCOCCCCCCCl. The van der Waals surface area contributed by atoms with Gasteiger partial charge in [-0.05, 0) is 82.3 Å². The average molecular weight is 829 g/mol. The third-order valence-electron chi connectivity index (χ3n) is 13.3. The normalized spacial score (nSPS) is 31.8. The van der Waals surface area contributed by atoms with Crippen LogP contribution in [-0.2, 0) is 42.8 Å². The highest BCUT2D eigenvalue weighted by Gasteiger charge is 2.75. The largest absolute Gasteiger partial charge is 0.390 e. The third kappa shape index (κ3) is 11.8. The van der Waals surface area contributed by atoms with E-state index in [2.05, 4.69) is 0 Å².